The Morgan fingerprint density at radius 1 is 1.38 bits per heavy atom. The van der Waals surface area contributed by atoms with E-state index in [1.54, 1.807) is 0 Å². The third-order valence-electron chi connectivity index (χ3n) is 0.636. The van der Waals surface area contributed by atoms with E-state index in [1.165, 1.54) is 0 Å². The molecular weight excluding hydrogens is 235 g/mol. The maximum atomic E-state index is 9.71. The molecule has 0 saturated carbocycles. The molecule has 0 aromatic rings. The van der Waals surface area contributed by atoms with Gasteiger partial charge in [0.2, 0.25) is 0 Å². The van der Waals surface area contributed by atoms with Crippen LogP contribution in [0.2, 0.25) is 0 Å². The zero-order valence-corrected chi connectivity index (χ0v) is 9.78. The molecule has 0 aromatic heterocycles. The van der Waals surface area contributed by atoms with Gasteiger partial charge in [-0.25, -0.2) is 0 Å². The van der Waals surface area contributed by atoms with Crippen LogP contribution in [-0.4, -0.2) is 78.2 Å². The second-order valence-corrected chi connectivity index (χ2v) is 2.73. The van der Waals surface area contributed by atoms with E-state index in [0.717, 1.165) is 0 Å². The van der Waals surface area contributed by atoms with Gasteiger partial charge in [-0.1, -0.05) is 0 Å². The van der Waals surface area contributed by atoms with Crippen molar-refractivity contribution in [3.05, 3.63) is 0 Å². The number of aliphatic hydroxyl groups excluding tert-OH is 2. The van der Waals surface area contributed by atoms with Gasteiger partial charge in [0, 0.05) is 0 Å². The summed E-state index contributed by atoms with van der Waals surface area (Å²) in [6.45, 7) is -1.33. The fourth-order valence-corrected chi connectivity index (χ4v) is 0.585. The van der Waals surface area contributed by atoms with Crippen LogP contribution in [0.3, 0.4) is 0 Å². The molecule has 0 bridgehead atoms. The average Bonchev–Trinajstić information content (AvgIpc) is 1.81. The van der Waals surface area contributed by atoms with Crippen molar-refractivity contribution in [3.8, 4) is 0 Å². The quantitative estimate of drug-likeness (QED) is 0.371. The predicted molar refractivity (Wildman–Crippen MR) is 39.6 cm³/mol. The van der Waals surface area contributed by atoms with Gasteiger partial charge in [0.1, 0.15) is 6.10 Å². The van der Waals surface area contributed by atoms with Crippen LogP contribution in [0.1, 0.15) is 0 Å². The zero-order valence-electron chi connectivity index (χ0n) is 6.67. The summed E-state index contributed by atoms with van der Waals surface area (Å²) in [5.41, 5.74) is 0. The van der Waals surface area contributed by atoms with Gasteiger partial charge >= 0.3 is 37.7 Å². The first-order valence-electron chi connectivity index (χ1n) is 2.41. The molecule has 0 aliphatic rings. The number of hydrogen-bond acceptors (Lipinski definition) is 6. The summed E-state index contributed by atoms with van der Waals surface area (Å²) in [5.74, 6) is 0. The number of hydrogen-bond donors (Lipinski definition) is 2. The van der Waals surface area contributed by atoms with Crippen molar-refractivity contribution >= 4 is 45.6 Å². The largest absolute Gasteiger partial charge is 2.00 e. The molecule has 0 aliphatic carbocycles. The average molecular weight is 246 g/mol. The van der Waals surface area contributed by atoms with Crippen LogP contribution in [0.5, 0.6) is 0 Å². The summed E-state index contributed by atoms with van der Waals surface area (Å²) in [7, 11) is -5.00. The van der Waals surface area contributed by atoms with Crippen LogP contribution >= 0.6 is 7.82 Å². The normalized spacial score (nSPS) is 11.7. The van der Waals surface area contributed by atoms with Crippen LogP contribution in [0, 0.1) is 0 Å². The molecule has 13 heavy (non-hydrogen) atoms. The van der Waals surface area contributed by atoms with Crippen molar-refractivity contribution in [1.29, 1.82) is 0 Å². The van der Waals surface area contributed by atoms with Crippen molar-refractivity contribution in [2.75, 3.05) is 13.2 Å². The van der Waals surface area contributed by atoms with Crippen molar-refractivity contribution in [2.45, 2.75) is 6.10 Å². The van der Waals surface area contributed by atoms with E-state index in [1.807, 2.05) is 0 Å². The third kappa shape index (κ3) is 19.6. The number of phosphoric acid groups is 1. The van der Waals surface area contributed by atoms with Crippen molar-refractivity contribution < 1.29 is 40.0 Å². The van der Waals surface area contributed by atoms with Crippen LogP contribution in [-0.2, 0) is 9.09 Å². The van der Waals surface area contributed by atoms with Crippen LogP contribution in [0.4, 0.5) is 0 Å². The molecule has 8 nitrogen and oxygen atoms in total. The molecule has 0 spiro atoms. The molecule has 0 aliphatic heterocycles. The topological polar surface area (TPSA) is 176 Å². The van der Waals surface area contributed by atoms with Crippen LogP contribution < -0.4 is 9.79 Å². The van der Waals surface area contributed by atoms with E-state index in [9.17, 15) is 14.4 Å². The Labute approximate surface area is 104 Å². The summed E-state index contributed by atoms with van der Waals surface area (Å²) < 4.78 is 13.3. The third-order valence-corrected chi connectivity index (χ3v) is 1.10. The Morgan fingerprint density at radius 2 is 1.77 bits per heavy atom. The molecular formula is C3H11CaO8P. The van der Waals surface area contributed by atoms with Crippen molar-refractivity contribution in [3.63, 3.8) is 0 Å². The molecule has 1 unspecified atom stereocenters. The Balaban J connectivity index is -0.000000135. The molecule has 0 saturated heterocycles. The van der Waals surface area contributed by atoms with E-state index in [-0.39, 0.29) is 48.7 Å². The Hall–Kier alpha value is 1.21. The molecule has 78 valence electrons. The molecule has 10 heteroatoms. The Morgan fingerprint density at radius 3 is 2.00 bits per heavy atom. The monoisotopic (exact) mass is 246 g/mol. The molecule has 1 atom stereocenters. The molecule has 0 radical (unpaired) electrons. The number of aliphatic hydroxyl groups is 2. The van der Waals surface area contributed by atoms with Gasteiger partial charge in [-0.3, -0.25) is 0 Å². The molecule has 6 N–H and O–H groups in total. The smallest absolute Gasteiger partial charge is 0.790 e. The summed E-state index contributed by atoms with van der Waals surface area (Å²) in [6.07, 6.45) is -1.32. The van der Waals surface area contributed by atoms with Gasteiger partial charge in [0.15, 0.2) is 0 Å². The van der Waals surface area contributed by atoms with E-state index in [0.29, 0.717) is 0 Å². The fraction of sp³-hybridized carbons (Fsp3) is 1.00. The molecule has 0 heterocycles. The van der Waals surface area contributed by atoms with E-state index < -0.39 is 27.1 Å². The summed E-state index contributed by atoms with van der Waals surface area (Å²) in [4.78, 5) is 19.4. The van der Waals surface area contributed by atoms with Crippen molar-refractivity contribution in [1.82, 2.24) is 0 Å². The van der Waals surface area contributed by atoms with Gasteiger partial charge in [-0.2, -0.15) is 0 Å². The summed E-state index contributed by atoms with van der Waals surface area (Å²) in [6, 6.07) is 0. The first-order chi connectivity index (χ1) is 4.45. The maximum absolute atomic E-state index is 9.71. The Kier molecular flexibility index (Phi) is 20.7. The maximum Gasteiger partial charge on any atom is 2.00 e. The van der Waals surface area contributed by atoms with Crippen molar-refractivity contribution in [2.24, 2.45) is 0 Å². The fourth-order valence-electron chi connectivity index (χ4n) is 0.230. The standard InChI is InChI=1S/C3H9O6P.Ca.2H2O/c4-1-3(5)2-9-10(6,7)8;;;/h3-5H,1-2H2,(H2,6,7,8);;2*1H2/q;+2;;/p-2. The summed E-state index contributed by atoms with van der Waals surface area (Å²) in [5, 5.41) is 16.6. The minimum absolute atomic E-state index is 0. The second-order valence-electron chi connectivity index (χ2n) is 1.58. The van der Waals surface area contributed by atoms with E-state index >= 15 is 0 Å². The number of rotatable bonds is 4. The SMILES string of the molecule is O.O.O=P([O-])([O-])OCC(O)CO.[Ca+2]. The molecule has 0 aromatic carbocycles. The Bertz CT molecular complexity index is 135. The summed E-state index contributed by atoms with van der Waals surface area (Å²) >= 11 is 0. The van der Waals surface area contributed by atoms with Crippen LogP contribution in [0.25, 0.3) is 0 Å². The predicted octanol–water partition coefficient (Wildman–Crippen LogP) is -4.85. The van der Waals surface area contributed by atoms with E-state index in [4.69, 9.17) is 10.2 Å². The van der Waals surface area contributed by atoms with E-state index in [2.05, 4.69) is 4.52 Å². The van der Waals surface area contributed by atoms with Gasteiger partial charge in [0.25, 0.3) is 0 Å². The van der Waals surface area contributed by atoms with Gasteiger partial charge < -0.3 is 40.0 Å². The molecule has 0 rings (SSSR count). The minimum atomic E-state index is -5.00. The van der Waals surface area contributed by atoms with Crippen LogP contribution in [0.15, 0.2) is 0 Å². The minimum Gasteiger partial charge on any atom is -0.790 e. The second kappa shape index (κ2) is 11.3. The number of phosphoric ester groups is 1. The van der Waals surface area contributed by atoms with Gasteiger partial charge in [-0.05, 0) is 0 Å². The van der Waals surface area contributed by atoms with Gasteiger partial charge in [0.05, 0.1) is 21.0 Å². The first-order valence-corrected chi connectivity index (χ1v) is 3.87. The first kappa shape index (κ1) is 23.8. The zero-order chi connectivity index (χ0) is 8.20. The van der Waals surface area contributed by atoms with Gasteiger partial charge in [-0.15, -0.1) is 0 Å². The molecule has 0 fully saturated rings. The molecule has 0 amide bonds.